The monoisotopic (exact) mass is 466 g/mol. The molecule has 0 saturated carbocycles. The van der Waals surface area contributed by atoms with Crippen molar-refractivity contribution in [2.24, 2.45) is 0 Å². The molecule has 1 saturated heterocycles. The van der Waals surface area contributed by atoms with Gasteiger partial charge in [0, 0.05) is 5.33 Å². The van der Waals surface area contributed by atoms with E-state index in [9.17, 15) is 5.11 Å². The van der Waals surface area contributed by atoms with E-state index >= 15 is 0 Å². The first-order valence-electron chi connectivity index (χ1n) is 9.49. The van der Waals surface area contributed by atoms with Gasteiger partial charge in [-0.05, 0) is 35.4 Å². The first-order chi connectivity index (χ1) is 14.2. The number of hydrogen-bond donors (Lipinski definition) is 1. The minimum Gasteiger partial charge on any atom is -0.497 e. The third-order valence-electron chi connectivity index (χ3n) is 4.94. The van der Waals surface area contributed by atoms with Crippen LogP contribution in [0.4, 0.5) is 0 Å². The third kappa shape index (κ3) is 5.71. The summed E-state index contributed by atoms with van der Waals surface area (Å²) in [5, 5.41) is 10.4. The third-order valence-corrected chi connectivity index (χ3v) is 5.58. The number of alkyl halides is 1. The molecule has 29 heavy (non-hydrogen) atoms. The first-order valence-corrected chi connectivity index (χ1v) is 10.6. The van der Waals surface area contributed by atoms with Gasteiger partial charge >= 0.3 is 0 Å². The molecular formula is C22H27BrO6. The van der Waals surface area contributed by atoms with Crippen molar-refractivity contribution in [1.82, 2.24) is 0 Å². The van der Waals surface area contributed by atoms with Gasteiger partial charge in [-0.3, -0.25) is 0 Å². The number of aliphatic hydroxyl groups excluding tert-OH is 1. The van der Waals surface area contributed by atoms with Crippen molar-refractivity contribution >= 4 is 15.9 Å². The van der Waals surface area contributed by atoms with Gasteiger partial charge < -0.3 is 28.8 Å². The molecule has 6 nitrogen and oxygen atoms in total. The smallest absolute Gasteiger partial charge is 0.118 e. The molecule has 1 aliphatic rings. The molecule has 3 rings (SSSR count). The number of halogens is 1. The molecular weight excluding hydrogens is 440 g/mol. The summed E-state index contributed by atoms with van der Waals surface area (Å²) in [4.78, 5) is 0. The highest BCUT2D eigenvalue weighted by Gasteiger charge is 2.45. The fourth-order valence-corrected chi connectivity index (χ4v) is 3.83. The van der Waals surface area contributed by atoms with Gasteiger partial charge in [0.2, 0.25) is 0 Å². The Morgan fingerprint density at radius 1 is 0.793 bits per heavy atom. The summed E-state index contributed by atoms with van der Waals surface area (Å²) in [6.45, 7) is 0.688. The van der Waals surface area contributed by atoms with Crippen LogP contribution in [0.3, 0.4) is 0 Å². The van der Waals surface area contributed by atoms with Crippen LogP contribution >= 0.6 is 15.9 Å². The first kappa shape index (κ1) is 22.1. The maximum absolute atomic E-state index is 9.77. The number of hydrogen-bond acceptors (Lipinski definition) is 6. The van der Waals surface area contributed by atoms with Gasteiger partial charge in [0.25, 0.3) is 0 Å². The molecule has 1 heterocycles. The SMILES string of the molecule is COc1ccc(CO[C@H]2[C@H](OCc3ccc(OC)cc3)[C@@H](CBr)O[C@H]2CO)cc1. The number of methoxy groups -OCH3 is 2. The van der Waals surface area contributed by atoms with Crippen molar-refractivity contribution in [3.8, 4) is 11.5 Å². The highest BCUT2D eigenvalue weighted by Crippen LogP contribution is 2.29. The van der Waals surface area contributed by atoms with Crippen LogP contribution < -0.4 is 9.47 Å². The predicted octanol–water partition coefficient (Wildman–Crippen LogP) is 3.33. The summed E-state index contributed by atoms with van der Waals surface area (Å²) in [7, 11) is 3.28. The largest absolute Gasteiger partial charge is 0.497 e. The second-order valence-corrected chi connectivity index (χ2v) is 7.44. The molecule has 1 aliphatic heterocycles. The molecule has 0 aliphatic carbocycles. The highest BCUT2D eigenvalue weighted by molar-refractivity contribution is 9.09. The van der Waals surface area contributed by atoms with E-state index in [2.05, 4.69) is 15.9 Å². The van der Waals surface area contributed by atoms with Crippen molar-refractivity contribution in [2.45, 2.75) is 37.6 Å². The maximum Gasteiger partial charge on any atom is 0.118 e. The molecule has 1 fully saturated rings. The van der Waals surface area contributed by atoms with Crippen molar-refractivity contribution in [3.05, 3.63) is 59.7 Å². The molecule has 0 aromatic heterocycles. The Labute approximate surface area is 179 Å². The van der Waals surface area contributed by atoms with E-state index in [4.69, 9.17) is 23.7 Å². The van der Waals surface area contributed by atoms with Gasteiger partial charge in [-0.25, -0.2) is 0 Å². The standard InChI is InChI=1S/C22H27BrO6/c1-25-17-7-3-15(4-8-17)13-27-21-19(11-23)29-20(12-24)22(21)28-14-16-5-9-18(26-2)10-6-16/h3-10,19-22,24H,11-14H2,1-2H3/t19-,20+,21-,22-/m1/s1. The zero-order chi connectivity index (χ0) is 20.6. The molecule has 0 radical (unpaired) electrons. The van der Waals surface area contributed by atoms with E-state index in [1.807, 2.05) is 48.5 Å². The topological polar surface area (TPSA) is 66.4 Å². The summed E-state index contributed by atoms with van der Waals surface area (Å²) < 4.78 is 28.7. The normalized spacial score (nSPS) is 23.9. The molecule has 0 bridgehead atoms. The lowest BCUT2D eigenvalue weighted by Crippen LogP contribution is -2.39. The van der Waals surface area contributed by atoms with E-state index in [1.54, 1.807) is 14.2 Å². The fourth-order valence-electron chi connectivity index (χ4n) is 3.31. The summed E-state index contributed by atoms with van der Waals surface area (Å²) in [5.74, 6) is 1.60. The molecule has 4 atom stereocenters. The summed E-state index contributed by atoms with van der Waals surface area (Å²) in [5.41, 5.74) is 2.04. The van der Waals surface area contributed by atoms with Gasteiger partial charge in [-0.15, -0.1) is 0 Å². The Bertz CT molecular complexity index is 672. The molecule has 1 N–H and O–H groups in total. The Kier molecular flexibility index (Phi) is 8.32. The summed E-state index contributed by atoms with van der Waals surface area (Å²) in [6, 6.07) is 15.4. The lowest BCUT2D eigenvalue weighted by Gasteiger charge is -2.24. The van der Waals surface area contributed by atoms with Gasteiger partial charge in [0.1, 0.15) is 29.8 Å². The summed E-state index contributed by atoms with van der Waals surface area (Å²) in [6.07, 6.45) is -1.31. The predicted molar refractivity (Wildman–Crippen MR) is 113 cm³/mol. The zero-order valence-electron chi connectivity index (χ0n) is 16.6. The van der Waals surface area contributed by atoms with Gasteiger partial charge in [-0.2, -0.15) is 0 Å². The fraction of sp³-hybridized carbons (Fsp3) is 0.455. The van der Waals surface area contributed by atoms with E-state index in [0.717, 1.165) is 22.6 Å². The highest BCUT2D eigenvalue weighted by atomic mass is 79.9. The molecule has 2 aromatic carbocycles. The zero-order valence-corrected chi connectivity index (χ0v) is 18.2. The number of benzene rings is 2. The minimum absolute atomic E-state index is 0.126. The van der Waals surface area contributed by atoms with Crippen molar-refractivity contribution in [1.29, 1.82) is 0 Å². The Morgan fingerprint density at radius 3 is 1.62 bits per heavy atom. The average Bonchev–Trinajstić information content (AvgIpc) is 3.13. The van der Waals surface area contributed by atoms with Crippen LogP contribution in [-0.4, -0.2) is 55.7 Å². The van der Waals surface area contributed by atoms with Crippen molar-refractivity contribution in [2.75, 3.05) is 26.2 Å². The van der Waals surface area contributed by atoms with Gasteiger partial charge in [0.05, 0.1) is 40.1 Å². The van der Waals surface area contributed by atoms with Crippen molar-refractivity contribution in [3.63, 3.8) is 0 Å². The van der Waals surface area contributed by atoms with Gasteiger partial charge in [0.15, 0.2) is 0 Å². The van der Waals surface area contributed by atoms with E-state index in [1.165, 1.54) is 0 Å². The molecule has 2 aromatic rings. The van der Waals surface area contributed by atoms with Crippen LogP contribution in [-0.2, 0) is 27.4 Å². The molecule has 0 unspecified atom stereocenters. The number of aliphatic hydroxyl groups is 1. The second kappa shape index (κ2) is 10.9. The number of ether oxygens (including phenoxy) is 5. The lowest BCUT2D eigenvalue weighted by molar-refractivity contribution is -0.0827. The Morgan fingerprint density at radius 2 is 1.24 bits per heavy atom. The molecule has 0 amide bonds. The van der Waals surface area contributed by atoms with Crippen LogP contribution in [0, 0.1) is 0 Å². The molecule has 158 valence electrons. The van der Waals surface area contributed by atoms with Crippen LogP contribution in [0.15, 0.2) is 48.5 Å². The molecule has 0 spiro atoms. The quantitative estimate of drug-likeness (QED) is 0.541. The maximum atomic E-state index is 9.77. The van der Waals surface area contributed by atoms with E-state index < -0.39 is 6.10 Å². The Hall–Kier alpha value is -1.64. The lowest BCUT2D eigenvalue weighted by atomic mass is 10.1. The second-order valence-electron chi connectivity index (χ2n) is 6.80. The van der Waals surface area contributed by atoms with Crippen LogP contribution in [0.25, 0.3) is 0 Å². The van der Waals surface area contributed by atoms with Crippen molar-refractivity contribution < 1.29 is 28.8 Å². The van der Waals surface area contributed by atoms with Crippen LogP contribution in [0.2, 0.25) is 0 Å². The molecule has 7 heteroatoms. The minimum atomic E-state index is -0.434. The van der Waals surface area contributed by atoms with Crippen LogP contribution in [0.5, 0.6) is 11.5 Å². The van der Waals surface area contributed by atoms with E-state index in [-0.39, 0.29) is 24.9 Å². The Balaban J connectivity index is 1.65. The van der Waals surface area contributed by atoms with E-state index in [0.29, 0.717) is 18.5 Å². The van der Waals surface area contributed by atoms with Crippen LogP contribution in [0.1, 0.15) is 11.1 Å². The number of rotatable bonds is 10. The average molecular weight is 467 g/mol. The van der Waals surface area contributed by atoms with Gasteiger partial charge in [-0.1, -0.05) is 40.2 Å². The summed E-state index contributed by atoms with van der Waals surface area (Å²) >= 11 is 3.49.